The number of anilines is 1. The van der Waals surface area contributed by atoms with Gasteiger partial charge in [-0.3, -0.25) is 4.79 Å². The van der Waals surface area contributed by atoms with Gasteiger partial charge in [0.05, 0.1) is 30.4 Å². The van der Waals surface area contributed by atoms with Crippen molar-refractivity contribution in [2.45, 2.75) is 0 Å². The first kappa shape index (κ1) is 18.8. The Morgan fingerprint density at radius 3 is 2.72 bits per heavy atom. The number of carbonyl (C=O) groups is 1. The summed E-state index contributed by atoms with van der Waals surface area (Å²) in [7, 11) is 3.04. The number of hydrogen-bond donors (Lipinski definition) is 1. The fourth-order valence-electron chi connectivity index (χ4n) is 2.84. The molecule has 2 aromatic heterocycles. The van der Waals surface area contributed by atoms with Crippen LogP contribution in [0.3, 0.4) is 0 Å². The summed E-state index contributed by atoms with van der Waals surface area (Å²) < 4.78 is 16.2. The van der Waals surface area contributed by atoms with Crippen LogP contribution < -0.4 is 14.8 Å². The molecule has 2 heterocycles. The number of oxazole rings is 1. The maximum atomic E-state index is 12.8. The molecule has 4 rings (SSSR count). The SMILES string of the molecule is COc1ccc(C(=O)Nc2ccc(Cl)c(-c3nc4ncccc4o3)c2)c(OC)c1. The van der Waals surface area contributed by atoms with Crippen LogP contribution in [0.1, 0.15) is 10.4 Å². The second-order valence-corrected chi connectivity index (χ2v) is 6.47. The van der Waals surface area contributed by atoms with E-state index in [1.165, 1.54) is 7.11 Å². The molecule has 0 fully saturated rings. The van der Waals surface area contributed by atoms with E-state index in [0.717, 1.165) is 0 Å². The quantitative estimate of drug-likeness (QED) is 0.509. The second kappa shape index (κ2) is 7.81. The van der Waals surface area contributed by atoms with Crippen LogP contribution in [0, 0.1) is 0 Å². The van der Waals surface area contributed by atoms with Crippen LogP contribution in [0.4, 0.5) is 5.69 Å². The first-order chi connectivity index (χ1) is 14.1. The summed E-state index contributed by atoms with van der Waals surface area (Å²) in [5, 5.41) is 3.28. The second-order valence-electron chi connectivity index (χ2n) is 6.06. The number of nitrogens with zero attached hydrogens (tertiary/aromatic N) is 2. The Hall–Kier alpha value is -3.58. The van der Waals surface area contributed by atoms with Crippen LogP contribution in [0.25, 0.3) is 22.7 Å². The Labute approximate surface area is 171 Å². The zero-order valence-corrected chi connectivity index (χ0v) is 16.4. The lowest BCUT2D eigenvalue weighted by Crippen LogP contribution is -2.13. The van der Waals surface area contributed by atoms with Gasteiger partial charge >= 0.3 is 0 Å². The lowest BCUT2D eigenvalue weighted by molar-refractivity contribution is 0.102. The van der Waals surface area contributed by atoms with Gasteiger partial charge in [-0.25, -0.2) is 4.98 Å². The van der Waals surface area contributed by atoms with Gasteiger partial charge in [-0.05, 0) is 42.5 Å². The Bertz CT molecular complexity index is 1170. The Balaban J connectivity index is 1.65. The van der Waals surface area contributed by atoms with E-state index in [9.17, 15) is 4.79 Å². The van der Waals surface area contributed by atoms with Gasteiger partial charge in [-0.15, -0.1) is 0 Å². The van der Waals surface area contributed by atoms with E-state index in [2.05, 4.69) is 15.3 Å². The van der Waals surface area contributed by atoms with Crippen molar-refractivity contribution in [2.75, 3.05) is 19.5 Å². The fraction of sp³-hybridized carbons (Fsp3) is 0.0952. The molecule has 29 heavy (non-hydrogen) atoms. The summed E-state index contributed by atoms with van der Waals surface area (Å²) in [4.78, 5) is 21.3. The summed E-state index contributed by atoms with van der Waals surface area (Å²) in [6.07, 6.45) is 1.63. The van der Waals surface area contributed by atoms with E-state index >= 15 is 0 Å². The summed E-state index contributed by atoms with van der Waals surface area (Å²) in [5.41, 5.74) is 2.48. The van der Waals surface area contributed by atoms with Gasteiger partial charge in [0.2, 0.25) is 5.89 Å². The predicted octanol–water partition coefficient (Wildman–Crippen LogP) is 4.81. The average Bonchev–Trinajstić information content (AvgIpc) is 3.18. The molecule has 0 radical (unpaired) electrons. The van der Waals surface area contributed by atoms with E-state index in [1.807, 2.05) is 0 Å². The maximum Gasteiger partial charge on any atom is 0.259 e. The molecule has 0 aliphatic heterocycles. The molecule has 8 heteroatoms. The molecule has 7 nitrogen and oxygen atoms in total. The summed E-state index contributed by atoms with van der Waals surface area (Å²) in [5.74, 6) is 0.983. The molecule has 1 N–H and O–H groups in total. The van der Waals surface area contributed by atoms with Crippen LogP contribution in [0.5, 0.6) is 11.5 Å². The summed E-state index contributed by atoms with van der Waals surface area (Å²) in [6, 6.07) is 13.6. The number of aromatic nitrogens is 2. The molecule has 0 saturated carbocycles. The minimum atomic E-state index is -0.336. The van der Waals surface area contributed by atoms with Crippen molar-refractivity contribution in [3.8, 4) is 23.0 Å². The molecule has 0 aliphatic carbocycles. The number of ether oxygens (including phenoxy) is 2. The number of methoxy groups -OCH3 is 2. The van der Waals surface area contributed by atoms with Gasteiger partial charge < -0.3 is 19.2 Å². The molecule has 146 valence electrons. The van der Waals surface area contributed by atoms with E-state index in [-0.39, 0.29) is 5.91 Å². The smallest absolute Gasteiger partial charge is 0.259 e. The Morgan fingerprint density at radius 1 is 1.10 bits per heavy atom. The van der Waals surface area contributed by atoms with Crippen LogP contribution in [-0.2, 0) is 0 Å². The maximum absolute atomic E-state index is 12.8. The topological polar surface area (TPSA) is 86.5 Å². The highest BCUT2D eigenvalue weighted by Gasteiger charge is 2.16. The van der Waals surface area contributed by atoms with Crippen molar-refractivity contribution in [1.29, 1.82) is 0 Å². The van der Waals surface area contributed by atoms with E-state index < -0.39 is 0 Å². The summed E-state index contributed by atoms with van der Waals surface area (Å²) >= 11 is 6.33. The molecule has 2 aromatic carbocycles. The minimum Gasteiger partial charge on any atom is -0.497 e. The third kappa shape index (κ3) is 3.72. The van der Waals surface area contributed by atoms with Crippen LogP contribution in [-0.4, -0.2) is 30.1 Å². The molecule has 0 unspecified atom stereocenters. The van der Waals surface area contributed by atoms with Crippen molar-refractivity contribution in [2.24, 2.45) is 0 Å². The van der Waals surface area contributed by atoms with Crippen LogP contribution in [0.15, 0.2) is 59.1 Å². The van der Waals surface area contributed by atoms with Gasteiger partial charge in [0.1, 0.15) is 11.5 Å². The first-order valence-electron chi connectivity index (χ1n) is 8.64. The van der Waals surface area contributed by atoms with Gasteiger partial charge in [0.15, 0.2) is 11.2 Å². The molecular formula is C21H16ClN3O4. The first-order valence-corrected chi connectivity index (χ1v) is 9.01. The summed E-state index contributed by atoms with van der Waals surface area (Å²) in [6.45, 7) is 0. The van der Waals surface area contributed by atoms with Crippen molar-refractivity contribution >= 4 is 34.4 Å². The number of rotatable bonds is 5. The number of benzene rings is 2. The number of halogens is 1. The molecule has 0 spiro atoms. The van der Waals surface area contributed by atoms with Gasteiger partial charge in [0.25, 0.3) is 5.91 Å². The molecule has 0 atom stereocenters. The fourth-order valence-corrected chi connectivity index (χ4v) is 3.03. The number of carbonyl (C=O) groups excluding carboxylic acids is 1. The zero-order valence-electron chi connectivity index (χ0n) is 15.6. The van der Waals surface area contributed by atoms with Gasteiger partial charge in [-0.1, -0.05) is 11.6 Å². The lowest BCUT2D eigenvalue weighted by atomic mass is 10.1. The standard InChI is InChI=1S/C21H16ClN3O4/c1-27-13-6-7-14(18(11-13)28-2)20(26)24-12-5-8-16(22)15(10-12)21-25-19-17(29-21)4-3-9-23-19/h3-11H,1-2H3,(H,24,26). The van der Waals surface area contributed by atoms with E-state index in [4.69, 9.17) is 25.5 Å². The normalized spacial score (nSPS) is 10.7. The number of amides is 1. The van der Waals surface area contributed by atoms with Crippen LogP contribution in [0.2, 0.25) is 5.02 Å². The van der Waals surface area contributed by atoms with E-state index in [1.54, 1.807) is 61.8 Å². The lowest BCUT2D eigenvalue weighted by Gasteiger charge is -2.11. The molecular weight excluding hydrogens is 394 g/mol. The highest BCUT2D eigenvalue weighted by atomic mass is 35.5. The number of fused-ring (bicyclic) bond motifs is 1. The van der Waals surface area contributed by atoms with Crippen molar-refractivity contribution in [3.05, 3.63) is 65.3 Å². The largest absolute Gasteiger partial charge is 0.497 e. The third-order valence-corrected chi connectivity index (χ3v) is 4.60. The highest BCUT2D eigenvalue weighted by molar-refractivity contribution is 6.33. The highest BCUT2D eigenvalue weighted by Crippen LogP contribution is 2.32. The molecule has 0 bridgehead atoms. The van der Waals surface area contributed by atoms with Crippen molar-refractivity contribution in [1.82, 2.24) is 9.97 Å². The van der Waals surface area contributed by atoms with Gasteiger partial charge in [-0.2, -0.15) is 4.98 Å². The predicted molar refractivity (Wildman–Crippen MR) is 110 cm³/mol. The van der Waals surface area contributed by atoms with Crippen molar-refractivity contribution < 1.29 is 18.7 Å². The monoisotopic (exact) mass is 409 g/mol. The van der Waals surface area contributed by atoms with Gasteiger partial charge in [0, 0.05) is 18.0 Å². The number of pyridine rings is 1. The Kier molecular flexibility index (Phi) is 5.05. The van der Waals surface area contributed by atoms with E-state index in [0.29, 0.717) is 50.5 Å². The number of hydrogen-bond acceptors (Lipinski definition) is 6. The zero-order chi connectivity index (χ0) is 20.4. The number of nitrogens with one attached hydrogen (secondary N) is 1. The minimum absolute atomic E-state index is 0.321. The Morgan fingerprint density at radius 2 is 1.97 bits per heavy atom. The molecule has 1 amide bonds. The van der Waals surface area contributed by atoms with Crippen LogP contribution >= 0.6 is 11.6 Å². The third-order valence-electron chi connectivity index (χ3n) is 4.27. The molecule has 0 aliphatic rings. The van der Waals surface area contributed by atoms with Crippen molar-refractivity contribution in [3.63, 3.8) is 0 Å². The molecule has 4 aromatic rings. The molecule has 0 saturated heterocycles. The average molecular weight is 410 g/mol.